The minimum absolute atomic E-state index is 0.0118. The van der Waals surface area contributed by atoms with Crippen molar-refractivity contribution in [1.82, 2.24) is 4.98 Å². The molecule has 0 aliphatic heterocycles. The maximum Gasteiger partial charge on any atom is 0.250 e. The number of carbonyl (C=O) groups excluding carboxylic acids is 1. The Morgan fingerprint density at radius 2 is 2.00 bits per heavy atom. The van der Waals surface area contributed by atoms with Gasteiger partial charge in [0.05, 0.1) is 12.3 Å². The number of para-hydroxylation sites is 1. The molecule has 2 aromatic carbocycles. The first-order chi connectivity index (χ1) is 10.7. The Labute approximate surface area is 127 Å². The molecule has 5 heteroatoms. The van der Waals surface area contributed by atoms with Crippen LogP contribution in [-0.4, -0.2) is 17.5 Å². The van der Waals surface area contributed by atoms with E-state index in [4.69, 9.17) is 9.15 Å². The number of rotatable bonds is 5. The van der Waals surface area contributed by atoms with Gasteiger partial charge in [0.15, 0.2) is 11.5 Å². The van der Waals surface area contributed by atoms with Crippen LogP contribution in [0.5, 0.6) is 0 Å². The Bertz CT molecular complexity index is 781. The molecule has 0 spiro atoms. The van der Waals surface area contributed by atoms with Crippen molar-refractivity contribution in [3.05, 3.63) is 60.0 Å². The van der Waals surface area contributed by atoms with E-state index in [1.807, 2.05) is 42.5 Å². The van der Waals surface area contributed by atoms with Crippen LogP contribution in [0.3, 0.4) is 0 Å². The van der Waals surface area contributed by atoms with E-state index in [2.05, 4.69) is 10.3 Å². The first kappa shape index (κ1) is 14.3. The van der Waals surface area contributed by atoms with Crippen molar-refractivity contribution in [2.75, 3.05) is 11.9 Å². The highest BCUT2D eigenvalue weighted by molar-refractivity contribution is 5.99. The number of hydrogen-bond acceptors (Lipinski definition) is 4. The molecule has 1 heterocycles. The highest BCUT2D eigenvalue weighted by atomic mass is 16.5. The zero-order valence-electron chi connectivity index (χ0n) is 12.2. The molecule has 1 N–H and O–H groups in total. The number of nitrogens with zero attached hydrogens (tertiary/aromatic N) is 1. The van der Waals surface area contributed by atoms with Crippen LogP contribution in [0, 0.1) is 6.92 Å². The Kier molecular flexibility index (Phi) is 4.16. The molecule has 3 aromatic rings. The molecule has 0 fully saturated rings. The van der Waals surface area contributed by atoms with E-state index in [1.165, 1.54) is 0 Å². The van der Waals surface area contributed by atoms with Crippen molar-refractivity contribution in [2.45, 2.75) is 13.5 Å². The van der Waals surface area contributed by atoms with Crippen LogP contribution in [0.25, 0.3) is 11.1 Å². The van der Waals surface area contributed by atoms with Gasteiger partial charge in [0.25, 0.3) is 0 Å². The minimum atomic E-state index is -0.218. The SMILES string of the molecule is Cc1nc2c(NC(=O)COCc3ccccc3)cccc2o1. The largest absolute Gasteiger partial charge is 0.441 e. The summed E-state index contributed by atoms with van der Waals surface area (Å²) in [6.07, 6.45) is 0. The van der Waals surface area contributed by atoms with E-state index >= 15 is 0 Å². The summed E-state index contributed by atoms with van der Waals surface area (Å²) in [5, 5.41) is 2.80. The molecule has 0 radical (unpaired) electrons. The van der Waals surface area contributed by atoms with Crippen molar-refractivity contribution in [3.8, 4) is 0 Å². The number of carbonyl (C=O) groups is 1. The maximum absolute atomic E-state index is 12.0. The van der Waals surface area contributed by atoms with Gasteiger partial charge in [0, 0.05) is 6.92 Å². The predicted octanol–water partition coefficient (Wildman–Crippen LogP) is 3.29. The third kappa shape index (κ3) is 3.32. The fourth-order valence-electron chi connectivity index (χ4n) is 2.18. The van der Waals surface area contributed by atoms with Gasteiger partial charge in [0.2, 0.25) is 5.91 Å². The zero-order chi connectivity index (χ0) is 15.4. The van der Waals surface area contributed by atoms with Gasteiger partial charge >= 0.3 is 0 Å². The predicted molar refractivity (Wildman–Crippen MR) is 83.5 cm³/mol. The van der Waals surface area contributed by atoms with Crippen LogP contribution in [0.4, 0.5) is 5.69 Å². The van der Waals surface area contributed by atoms with Crippen molar-refractivity contribution in [1.29, 1.82) is 0 Å². The van der Waals surface area contributed by atoms with Gasteiger partial charge < -0.3 is 14.5 Å². The van der Waals surface area contributed by atoms with E-state index in [-0.39, 0.29) is 12.5 Å². The summed E-state index contributed by atoms with van der Waals surface area (Å²) in [6, 6.07) is 15.1. The number of hydrogen-bond donors (Lipinski definition) is 1. The number of amides is 1. The van der Waals surface area contributed by atoms with Gasteiger partial charge in [-0.1, -0.05) is 36.4 Å². The topological polar surface area (TPSA) is 64.4 Å². The van der Waals surface area contributed by atoms with Crippen molar-refractivity contribution in [3.63, 3.8) is 0 Å². The molecule has 0 atom stereocenters. The molecule has 0 saturated carbocycles. The standard InChI is InChI=1S/C17H16N2O3/c1-12-18-17-14(8-5-9-15(17)22-12)19-16(20)11-21-10-13-6-3-2-4-7-13/h2-9H,10-11H2,1H3,(H,19,20). The minimum Gasteiger partial charge on any atom is -0.441 e. The summed E-state index contributed by atoms with van der Waals surface area (Å²) in [4.78, 5) is 16.2. The number of anilines is 1. The van der Waals surface area contributed by atoms with Gasteiger partial charge in [-0.3, -0.25) is 4.79 Å². The number of aryl methyl sites for hydroxylation is 1. The summed E-state index contributed by atoms with van der Waals surface area (Å²) in [5.41, 5.74) is 2.96. The summed E-state index contributed by atoms with van der Waals surface area (Å²) < 4.78 is 10.9. The lowest BCUT2D eigenvalue weighted by molar-refractivity contribution is -0.121. The van der Waals surface area contributed by atoms with E-state index in [9.17, 15) is 4.79 Å². The molecule has 1 amide bonds. The average molecular weight is 296 g/mol. The third-order valence-electron chi connectivity index (χ3n) is 3.14. The monoisotopic (exact) mass is 296 g/mol. The zero-order valence-corrected chi connectivity index (χ0v) is 12.2. The van der Waals surface area contributed by atoms with E-state index in [0.29, 0.717) is 29.3 Å². The van der Waals surface area contributed by atoms with Crippen molar-refractivity contribution in [2.24, 2.45) is 0 Å². The van der Waals surface area contributed by atoms with Gasteiger partial charge in [-0.05, 0) is 17.7 Å². The fourth-order valence-corrected chi connectivity index (χ4v) is 2.18. The molecule has 0 aliphatic rings. The van der Waals surface area contributed by atoms with Crippen LogP contribution in [0.1, 0.15) is 11.5 Å². The summed E-state index contributed by atoms with van der Waals surface area (Å²) in [7, 11) is 0. The van der Waals surface area contributed by atoms with Gasteiger partial charge in [-0.2, -0.15) is 0 Å². The average Bonchev–Trinajstić information content (AvgIpc) is 2.90. The van der Waals surface area contributed by atoms with Crippen molar-refractivity contribution < 1.29 is 13.9 Å². The van der Waals surface area contributed by atoms with Crippen LogP contribution in [0.15, 0.2) is 52.9 Å². The molecule has 22 heavy (non-hydrogen) atoms. The highest BCUT2D eigenvalue weighted by Gasteiger charge is 2.10. The van der Waals surface area contributed by atoms with Crippen molar-refractivity contribution >= 4 is 22.7 Å². The lowest BCUT2D eigenvalue weighted by atomic mass is 10.2. The number of oxazole rings is 1. The molecule has 0 unspecified atom stereocenters. The summed E-state index contributed by atoms with van der Waals surface area (Å²) in [6.45, 7) is 2.16. The quantitative estimate of drug-likeness (QED) is 0.784. The second-order valence-corrected chi connectivity index (χ2v) is 4.91. The molecule has 0 aliphatic carbocycles. The lowest BCUT2D eigenvalue weighted by Crippen LogP contribution is -2.18. The van der Waals surface area contributed by atoms with Crippen LogP contribution in [-0.2, 0) is 16.1 Å². The molecule has 1 aromatic heterocycles. The normalized spacial score (nSPS) is 10.8. The first-order valence-corrected chi connectivity index (χ1v) is 7.00. The highest BCUT2D eigenvalue weighted by Crippen LogP contribution is 2.23. The number of aromatic nitrogens is 1. The number of ether oxygens (including phenoxy) is 1. The smallest absolute Gasteiger partial charge is 0.250 e. The second-order valence-electron chi connectivity index (χ2n) is 4.91. The molecule has 5 nitrogen and oxygen atoms in total. The van der Waals surface area contributed by atoms with E-state index < -0.39 is 0 Å². The number of benzene rings is 2. The van der Waals surface area contributed by atoms with E-state index in [0.717, 1.165) is 5.56 Å². The lowest BCUT2D eigenvalue weighted by Gasteiger charge is -2.06. The molecule has 0 bridgehead atoms. The molecular weight excluding hydrogens is 280 g/mol. The van der Waals surface area contributed by atoms with Crippen LogP contribution in [0.2, 0.25) is 0 Å². The fraction of sp³-hybridized carbons (Fsp3) is 0.176. The maximum atomic E-state index is 12.0. The van der Waals surface area contributed by atoms with E-state index in [1.54, 1.807) is 13.0 Å². The molecule has 0 saturated heterocycles. The molecular formula is C17H16N2O3. The second kappa shape index (κ2) is 6.41. The Morgan fingerprint density at radius 1 is 1.18 bits per heavy atom. The van der Waals surface area contributed by atoms with Gasteiger partial charge in [-0.25, -0.2) is 4.98 Å². The molecule has 3 rings (SSSR count). The summed E-state index contributed by atoms with van der Waals surface area (Å²) in [5.74, 6) is 0.348. The summed E-state index contributed by atoms with van der Waals surface area (Å²) >= 11 is 0. The third-order valence-corrected chi connectivity index (χ3v) is 3.14. The Morgan fingerprint density at radius 3 is 2.82 bits per heavy atom. The Balaban J connectivity index is 1.59. The number of nitrogens with one attached hydrogen (secondary N) is 1. The number of fused-ring (bicyclic) bond motifs is 1. The van der Waals surface area contributed by atoms with Crippen LogP contribution < -0.4 is 5.32 Å². The van der Waals surface area contributed by atoms with Gasteiger partial charge in [-0.15, -0.1) is 0 Å². The van der Waals surface area contributed by atoms with Crippen LogP contribution >= 0.6 is 0 Å². The Hall–Kier alpha value is -2.66. The first-order valence-electron chi connectivity index (χ1n) is 7.00. The van der Waals surface area contributed by atoms with Gasteiger partial charge in [0.1, 0.15) is 12.1 Å². The molecule has 112 valence electrons.